The molecular formula is C9H5ClN2O2. The van der Waals surface area contributed by atoms with Crippen molar-refractivity contribution in [1.29, 1.82) is 0 Å². The smallest absolute Gasteiger partial charge is 0.248 e. The number of carbonyl (C=O) groups is 1. The number of carbonyl (C=O) groups excluding carboxylic acids is 1. The molecule has 5 heteroatoms. The van der Waals surface area contributed by atoms with Gasteiger partial charge in [0.2, 0.25) is 5.78 Å². The van der Waals surface area contributed by atoms with Crippen LogP contribution in [0.5, 0.6) is 0 Å². The fraction of sp³-hybridized carbons (Fsp3) is 0. The summed E-state index contributed by atoms with van der Waals surface area (Å²) in [5.41, 5.74) is 0.235. The fourth-order valence-corrected chi connectivity index (χ4v) is 1.13. The highest BCUT2D eigenvalue weighted by molar-refractivity contribution is 6.29. The molecule has 0 radical (unpaired) electrons. The van der Waals surface area contributed by atoms with Gasteiger partial charge in [-0.3, -0.25) is 9.78 Å². The Morgan fingerprint density at radius 2 is 2.21 bits per heavy atom. The van der Waals surface area contributed by atoms with E-state index in [1.807, 2.05) is 0 Å². The van der Waals surface area contributed by atoms with Crippen molar-refractivity contribution in [2.24, 2.45) is 0 Å². The van der Waals surface area contributed by atoms with E-state index in [4.69, 9.17) is 16.0 Å². The van der Waals surface area contributed by atoms with Gasteiger partial charge in [0.05, 0.1) is 6.20 Å². The number of ketones is 1. The van der Waals surface area contributed by atoms with Gasteiger partial charge in [0.1, 0.15) is 5.69 Å². The van der Waals surface area contributed by atoms with Crippen LogP contribution >= 0.6 is 11.6 Å². The van der Waals surface area contributed by atoms with Gasteiger partial charge in [-0.1, -0.05) is 0 Å². The first kappa shape index (κ1) is 8.90. The quantitative estimate of drug-likeness (QED) is 0.708. The van der Waals surface area contributed by atoms with Gasteiger partial charge < -0.3 is 4.42 Å². The van der Waals surface area contributed by atoms with E-state index in [1.54, 1.807) is 0 Å². The second kappa shape index (κ2) is 3.59. The summed E-state index contributed by atoms with van der Waals surface area (Å²) >= 11 is 5.54. The molecule has 70 valence electrons. The first-order valence-electron chi connectivity index (χ1n) is 3.83. The molecule has 0 bridgehead atoms. The summed E-state index contributed by atoms with van der Waals surface area (Å²) in [5, 5.41) is 0.178. The second-order valence-corrected chi connectivity index (χ2v) is 2.90. The van der Waals surface area contributed by atoms with E-state index in [1.165, 1.54) is 30.7 Å². The van der Waals surface area contributed by atoms with Crippen molar-refractivity contribution in [3.8, 4) is 0 Å². The molecular weight excluding hydrogens is 204 g/mol. The molecule has 4 nitrogen and oxygen atoms in total. The first-order valence-corrected chi connectivity index (χ1v) is 4.21. The maximum Gasteiger partial charge on any atom is 0.248 e. The Hall–Kier alpha value is -1.68. The van der Waals surface area contributed by atoms with Crippen LogP contribution in [0.4, 0.5) is 0 Å². The predicted molar refractivity (Wildman–Crippen MR) is 49.2 cm³/mol. The number of rotatable bonds is 2. The molecule has 0 aromatic carbocycles. The van der Waals surface area contributed by atoms with Gasteiger partial charge in [-0.05, 0) is 23.7 Å². The molecule has 2 aromatic heterocycles. The van der Waals surface area contributed by atoms with E-state index in [0.717, 1.165) is 0 Å². The van der Waals surface area contributed by atoms with Gasteiger partial charge in [0.25, 0.3) is 0 Å². The second-order valence-electron chi connectivity index (χ2n) is 2.52. The molecule has 0 fully saturated rings. The molecule has 0 aliphatic rings. The number of halogens is 1. The maximum atomic E-state index is 11.6. The third-order valence-electron chi connectivity index (χ3n) is 1.59. The van der Waals surface area contributed by atoms with Gasteiger partial charge in [-0.15, -0.1) is 0 Å². The Balaban J connectivity index is 2.34. The van der Waals surface area contributed by atoms with E-state index >= 15 is 0 Å². The molecule has 2 heterocycles. The van der Waals surface area contributed by atoms with E-state index in [2.05, 4.69) is 9.97 Å². The third-order valence-corrected chi connectivity index (χ3v) is 1.80. The zero-order valence-corrected chi connectivity index (χ0v) is 7.73. The van der Waals surface area contributed by atoms with Crippen molar-refractivity contribution in [1.82, 2.24) is 9.97 Å². The lowest BCUT2D eigenvalue weighted by atomic mass is 10.2. The Morgan fingerprint density at radius 3 is 2.79 bits per heavy atom. The van der Waals surface area contributed by atoms with E-state index in [-0.39, 0.29) is 22.5 Å². The molecule has 2 aromatic rings. The van der Waals surface area contributed by atoms with E-state index in [0.29, 0.717) is 0 Å². The zero-order chi connectivity index (χ0) is 9.97. The van der Waals surface area contributed by atoms with Gasteiger partial charge in [-0.2, -0.15) is 0 Å². The molecule has 14 heavy (non-hydrogen) atoms. The van der Waals surface area contributed by atoms with Crippen LogP contribution in [0.2, 0.25) is 5.22 Å². The zero-order valence-electron chi connectivity index (χ0n) is 6.98. The molecule has 0 atom stereocenters. The summed E-state index contributed by atoms with van der Waals surface area (Å²) in [6.45, 7) is 0. The van der Waals surface area contributed by atoms with Crippen LogP contribution in [0, 0.1) is 0 Å². The Bertz CT molecular complexity index is 453. The van der Waals surface area contributed by atoms with Crippen LogP contribution in [0.1, 0.15) is 16.2 Å². The highest BCUT2D eigenvalue weighted by Crippen LogP contribution is 2.15. The summed E-state index contributed by atoms with van der Waals surface area (Å²) in [7, 11) is 0. The highest BCUT2D eigenvalue weighted by atomic mass is 35.5. The number of furan rings is 1. The van der Waals surface area contributed by atoms with Crippen molar-refractivity contribution in [3.63, 3.8) is 0 Å². The Labute approximate surface area is 84.6 Å². The summed E-state index contributed by atoms with van der Waals surface area (Å²) < 4.78 is 4.95. The van der Waals surface area contributed by atoms with Crippen molar-refractivity contribution in [3.05, 3.63) is 47.4 Å². The lowest BCUT2D eigenvalue weighted by Gasteiger charge is -1.93. The van der Waals surface area contributed by atoms with Gasteiger partial charge in [-0.25, -0.2) is 4.98 Å². The van der Waals surface area contributed by atoms with E-state index < -0.39 is 0 Å². The average Bonchev–Trinajstić information content (AvgIpc) is 2.65. The number of hydrogen-bond acceptors (Lipinski definition) is 4. The molecule has 0 saturated heterocycles. The van der Waals surface area contributed by atoms with Crippen molar-refractivity contribution in [2.45, 2.75) is 0 Å². The summed E-state index contributed by atoms with van der Waals surface area (Å²) in [4.78, 5) is 19.2. The molecule has 0 N–H and O–H groups in total. The monoisotopic (exact) mass is 208 g/mol. The molecule has 0 unspecified atom stereocenters. The topological polar surface area (TPSA) is 56.0 Å². The molecule has 0 saturated carbocycles. The predicted octanol–water partition coefficient (Wildman–Crippen LogP) is 1.95. The van der Waals surface area contributed by atoms with Crippen LogP contribution < -0.4 is 0 Å². The Kier molecular flexibility index (Phi) is 2.28. The third kappa shape index (κ3) is 1.65. The van der Waals surface area contributed by atoms with Crippen molar-refractivity contribution in [2.75, 3.05) is 0 Å². The standard InChI is InChI=1S/C9H5ClN2O2/c10-8-2-1-7(14-8)9(13)6-5-11-3-4-12-6/h1-5H. The van der Waals surface area contributed by atoms with E-state index in [9.17, 15) is 4.79 Å². The van der Waals surface area contributed by atoms with Crippen LogP contribution in [-0.2, 0) is 0 Å². The minimum absolute atomic E-state index is 0.163. The number of hydrogen-bond donors (Lipinski definition) is 0. The van der Waals surface area contributed by atoms with Gasteiger partial charge in [0.15, 0.2) is 11.0 Å². The lowest BCUT2D eigenvalue weighted by molar-refractivity contribution is 0.100. The molecule has 0 amide bonds. The van der Waals surface area contributed by atoms with Gasteiger partial charge in [0, 0.05) is 12.4 Å². The number of aromatic nitrogens is 2. The largest absolute Gasteiger partial charge is 0.441 e. The SMILES string of the molecule is O=C(c1cnccn1)c1ccc(Cl)o1. The van der Waals surface area contributed by atoms with Crippen molar-refractivity contribution < 1.29 is 9.21 Å². The summed E-state index contributed by atoms with van der Waals surface area (Å²) in [5.74, 6) is -0.166. The molecule has 0 spiro atoms. The summed E-state index contributed by atoms with van der Waals surface area (Å²) in [6.07, 6.45) is 4.31. The molecule has 0 aliphatic carbocycles. The van der Waals surface area contributed by atoms with Crippen LogP contribution in [0.15, 0.2) is 35.1 Å². The molecule has 0 aliphatic heterocycles. The average molecular weight is 209 g/mol. The summed E-state index contributed by atoms with van der Waals surface area (Å²) in [6, 6.07) is 3.00. The minimum atomic E-state index is -0.329. The fourth-order valence-electron chi connectivity index (χ4n) is 0.979. The number of nitrogens with zero attached hydrogens (tertiary/aromatic N) is 2. The first-order chi connectivity index (χ1) is 6.77. The Morgan fingerprint density at radius 1 is 1.36 bits per heavy atom. The normalized spacial score (nSPS) is 10.1. The lowest BCUT2D eigenvalue weighted by Crippen LogP contribution is -2.02. The maximum absolute atomic E-state index is 11.6. The minimum Gasteiger partial charge on any atom is -0.441 e. The van der Waals surface area contributed by atoms with Crippen molar-refractivity contribution >= 4 is 17.4 Å². The van der Waals surface area contributed by atoms with Crippen LogP contribution in [-0.4, -0.2) is 15.8 Å². The molecule has 2 rings (SSSR count). The van der Waals surface area contributed by atoms with Crippen LogP contribution in [0.25, 0.3) is 0 Å². The van der Waals surface area contributed by atoms with Gasteiger partial charge >= 0.3 is 0 Å². The highest BCUT2D eigenvalue weighted by Gasteiger charge is 2.14. The van der Waals surface area contributed by atoms with Crippen LogP contribution in [0.3, 0.4) is 0 Å².